The Labute approximate surface area is 169 Å². The number of ether oxygens (including phenoxy) is 1. The first-order valence-corrected chi connectivity index (χ1v) is 9.53. The van der Waals surface area contributed by atoms with Gasteiger partial charge >= 0.3 is 0 Å². The number of nitrogens with one attached hydrogen (secondary N) is 2. The molecule has 0 aliphatic carbocycles. The number of amides is 2. The van der Waals surface area contributed by atoms with Crippen molar-refractivity contribution >= 4 is 55.0 Å². The zero-order valence-corrected chi connectivity index (χ0v) is 17.9. The van der Waals surface area contributed by atoms with Crippen molar-refractivity contribution in [3.05, 3.63) is 51.4 Å². The first-order chi connectivity index (χ1) is 12.1. The molecule has 0 bridgehead atoms. The van der Waals surface area contributed by atoms with Crippen LogP contribution in [0, 0.1) is 5.41 Å². The Morgan fingerprint density at radius 3 is 2.27 bits per heavy atom. The van der Waals surface area contributed by atoms with E-state index in [1.165, 1.54) is 0 Å². The fourth-order valence-electron chi connectivity index (χ4n) is 1.93. The maximum atomic E-state index is 12.1. The van der Waals surface area contributed by atoms with Gasteiger partial charge in [-0.15, -0.1) is 0 Å². The summed E-state index contributed by atoms with van der Waals surface area (Å²) in [5.74, 6) is 0.193. The summed E-state index contributed by atoms with van der Waals surface area (Å²) in [5, 5.41) is 5.59. The van der Waals surface area contributed by atoms with E-state index in [0.29, 0.717) is 17.1 Å². The number of hydrogen-bond acceptors (Lipinski definition) is 3. The monoisotopic (exact) mass is 482 g/mol. The first-order valence-electron chi connectivity index (χ1n) is 7.94. The molecule has 0 heterocycles. The Hall–Kier alpha value is -1.86. The van der Waals surface area contributed by atoms with Crippen LogP contribution < -0.4 is 15.4 Å². The molecule has 26 heavy (non-hydrogen) atoms. The second-order valence-corrected chi connectivity index (χ2v) is 8.47. The van der Waals surface area contributed by atoms with Gasteiger partial charge in [0, 0.05) is 21.3 Å². The molecule has 2 aromatic carbocycles. The molecule has 0 fully saturated rings. The molecule has 0 spiro atoms. The highest BCUT2D eigenvalue weighted by Crippen LogP contribution is 2.28. The standard InChI is InChI=1S/C19H20Br2N2O3/c1-19(2,3)18(25)23-14-6-4-5-13(10-14)22-17(24)11-26-16-8-7-12(20)9-15(16)21/h4-10H,11H2,1-3H3,(H,22,24)(H,23,25). The lowest BCUT2D eigenvalue weighted by Crippen LogP contribution is -2.27. The molecule has 0 radical (unpaired) electrons. The van der Waals surface area contributed by atoms with Gasteiger partial charge in [-0.25, -0.2) is 0 Å². The van der Waals surface area contributed by atoms with Gasteiger partial charge in [0.05, 0.1) is 4.47 Å². The van der Waals surface area contributed by atoms with Crippen molar-refractivity contribution in [2.24, 2.45) is 5.41 Å². The molecular weight excluding hydrogens is 464 g/mol. The normalized spacial score (nSPS) is 11.0. The average Bonchev–Trinajstić information content (AvgIpc) is 2.53. The van der Waals surface area contributed by atoms with Gasteiger partial charge in [-0.2, -0.15) is 0 Å². The van der Waals surface area contributed by atoms with E-state index in [0.717, 1.165) is 8.95 Å². The van der Waals surface area contributed by atoms with Crippen LogP contribution in [0.3, 0.4) is 0 Å². The molecule has 0 atom stereocenters. The van der Waals surface area contributed by atoms with Crippen molar-refractivity contribution in [2.75, 3.05) is 17.2 Å². The number of halogens is 2. The fourth-order valence-corrected chi connectivity index (χ4v) is 3.09. The number of anilines is 2. The van der Waals surface area contributed by atoms with Crippen molar-refractivity contribution in [2.45, 2.75) is 20.8 Å². The van der Waals surface area contributed by atoms with Gasteiger partial charge in [-0.1, -0.05) is 42.8 Å². The molecule has 0 aliphatic rings. The molecule has 138 valence electrons. The zero-order chi connectivity index (χ0) is 19.3. The summed E-state index contributed by atoms with van der Waals surface area (Å²) in [7, 11) is 0. The van der Waals surface area contributed by atoms with E-state index < -0.39 is 5.41 Å². The summed E-state index contributed by atoms with van der Waals surface area (Å²) in [6.07, 6.45) is 0. The highest BCUT2D eigenvalue weighted by molar-refractivity contribution is 9.11. The summed E-state index contributed by atoms with van der Waals surface area (Å²) in [6.45, 7) is 5.39. The van der Waals surface area contributed by atoms with Crippen LogP contribution in [-0.2, 0) is 9.59 Å². The summed E-state index contributed by atoms with van der Waals surface area (Å²) in [6, 6.07) is 12.4. The molecule has 0 aromatic heterocycles. The quantitative estimate of drug-likeness (QED) is 0.613. The molecule has 2 aromatic rings. The SMILES string of the molecule is CC(C)(C)C(=O)Nc1cccc(NC(=O)COc2ccc(Br)cc2Br)c1. The number of benzene rings is 2. The molecule has 0 saturated carbocycles. The predicted octanol–water partition coefficient (Wildman–Crippen LogP) is 5.21. The second kappa shape index (κ2) is 8.68. The molecular formula is C19H20Br2N2O3. The Bertz CT molecular complexity index is 817. The zero-order valence-electron chi connectivity index (χ0n) is 14.7. The number of hydrogen-bond donors (Lipinski definition) is 2. The third kappa shape index (κ3) is 6.14. The van der Waals surface area contributed by atoms with Crippen LogP contribution in [0.15, 0.2) is 51.4 Å². The highest BCUT2D eigenvalue weighted by Gasteiger charge is 2.21. The summed E-state index contributed by atoms with van der Waals surface area (Å²) < 4.78 is 7.18. The first kappa shape index (κ1) is 20.5. The molecule has 2 rings (SSSR count). The van der Waals surface area contributed by atoms with E-state index in [2.05, 4.69) is 42.5 Å². The van der Waals surface area contributed by atoms with Crippen molar-refractivity contribution < 1.29 is 14.3 Å². The molecule has 0 aliphatic heterocycles. The molecule has 5 nitrogen and oxygen atoms in total. The maximum absolute atomic E-state index is 12.1. The topological polar surface area (TPSA) is 67.4 Å². The van der Waals surface area contributed by atoms with Gasteiger partial charge < -0.3 is 15.4 Å². The lowest BCUT2D eigenvalue weighted by Gasteiger charge is -2.18. The minimum Gasteiger partial charge on any atom is -0.483 e. The van der Waals surface area contributed by atoms with E-state index >= 15 is 0 Å². The van der Waals surface area contributed by atoms with Gasteiger partial charge in [-0.3, -0.25) is 9.59 Å². The summed E-state index contributed by atoms with van der Waals surface area (Å²) in [4.78, 5) is 24.2. The van der Waals surface area contributed by atoms with Crippen molar-refractivity contribution in [3.8, 4) is 5.75 Å². The molecule has 0 saturated heterocycles. The van der Waals surface area contributed by atoms with E-state index in [9.17, 15) is 9.59 Å². The van der Waals surface area contributed by atoms with Gasteiger partial charge in [0.1, 0.15) is 5.75 Å². The molecule has 7 heteroatoms. The average molecular weight is 484 g/mol. The summed E-state index contributed by atoms with van der Waals surface area (Å²) in [5.41, 5.74) is 0.713. The Morgan fingerprint density at radius 2 is 1.65 bits per heavy atom. The van der Waals surface area contributed by atoms with Gasteiger partial charge in [0.2, 0.25) is 5.91 Å². The smallest absolute Gasteiger partial charge is 0.262 e. The molecule has 2 N–H and O–H groups in total. The van der Waals surface area contributed by atoms with Gasteiger partial charge in [0.25, 0.3) is 5.91 Å². The van der Waals surface area contributed by atoms with Gasteiger partial charge in [-0.05, 0) is 52.3 Å². The van der Waals surface area contributed by atoms with E-state index in [-0.39, 0.29) is 18.4 Å². The number of carbonyl (C=O) groups excluding carboxylic acids is 2. The maximum Gasteiger partial charge on any atom is 0.262 e. The lowest BCUT2D eigenvalue weighted by atomic mass is 9.95. The number of carbonyl (C=O) groups is 2. The largest absolute Gasteiger partial charge is 0.483 e. The highest BCUT2D eigenvalue weighted by atomic mass is 79.9. The minimum absolute atomic E-state index is 0.0931. The van der Waals surface area contributed by atoms with Crippen LogP contribution in [0.25, 0.3) is 0 Å². The van der Waals surface area contributed by atoms with Crippen molar-refractivity contribution in [1.82, 2.24) is 0 Å². The van der Waals surface area contributed by atoms with Crippen LogP contribution in [0.4, 0.5) is 11.4 Å². The van der Waals surface area contributed by atoms with E-state index in [4.69, 9.17) is 4.74 Å². The van der Waals surface area contributed by atoms with Crippen LogP contribution in [0.1, 0.15) is 20.8 Å². The number of rotatable bonds is 5. The Morgan fingerprint density at radius 1 is 1.00 bits per heavy atom. The van der Waals surface area contributed by atoms with Gasteiger partial charge in [0.15, 0.2) is 6.61 Å². The molecule has 2 amide bonds. The lowest BCUT2D eigenvalue weighted by molar-refractivity contribution is -0.123. The third-order valence-corrected chi connectivity index (χ3v) is 4.45. The van der Waals surface area contributed by atoms with Crippen LogP contribution in [0.2, 0.25) is 0 Å². The van der Waals surface area contributed by atoms with Crippen LogP contribution >= 0.6 is 31.9 Å². The second-order valence-electron chi connectivity index (χ2n) is 6.70. The minimum atomic E-state index is -0.495. The van der Waals surface area contributed by atoms with Crippen LogP contribution in [0.5, 0.6) is 5.75 Å². The Balaban J connectivity index is 1.94. The van der Waals surface area contributed by atoms with Crippen LogP contribution in [-0.4, -0.2) is 18.4 Å². The summed E-state index contributed by atoms with van der Waals surface area (Å²) >= 11 is 6.75. The Kier molecular flexibility index (Phi) is 6.83. The van der Waals surface area contributed by atoms with Crippen molar-refractivity contribution in [3.63, 3.8) is 0 Å². The fraction of sp³-hybridized carbons (Fsp3) is 0.263. The van der Waals surface area contributed by atoms with E-state index in [1.54, 1.807) is 30.3 Å². The molecule has 0 unspecified atom stereocenters. The predicted molar refractivity (Wildman–Crippen MR) is 110 cm³/mol. The van der Waals surface area contributed by atoms with E-state index in [1.807, 2.05) is 32.9 Å². The van der Waals surface area contributed by atoms with Crippen molar-refractivity contribution in [1.29, 1.82) is 0 Å². The third-order valence-electron chi connectivity index (χ3n) is 3.34.